The van der Waals surface area contributed by atoms with Crippen molar-refractivity contribution in [1.82, 2.24) is 0 Å². The van der Waals surface area contributed by atoms with Gasteiger partial charge in [-0.25, -0.2) is 8.42 Å². The van der Waals surface area contributed by atoms with Crippen LogP contribution in [0, 0.1) is 12.8 Å². The monoisotopic (exact) mass is 293 g/mol. The molecule has 1 aromatic carbocycles. The van der Waals surface area contributed by atoms with E-state index in [9.17, 15) is 13.2 Å². The first-order valence-corrected chi connectivity index (χ1v) is 8.32. The Hall–Kier alpha value is -1.62. The lowest BCUT2D eigenvalue weighted by Gasteiger charge is -2.29. The number of amides is 1. The van der Waals surface area contributed by atoms with Gasteiger partial charge in [-0.15, -0.1) is 0 Å². The van der Waals surface area contributed by atoms with Crippen LogP contribution < -0.4 is 4.90 Å². The second kappa shape index (κ2) is 5.40. The van der Waals surface area contributed by atoms with Crippen molar-refractivity contribution in [1.29, 1.82) is 0 Å². The molecule has 0 aromatic heterocycles. The molecule has 0 aliphatic carbocycles. The molecule has 0 radical (unpaired) electrons. The van der Waals surface area contributed by atoms with Gasteiger partial charge in [0.2, 0.25) is 5.91 Å². The molecule has 1 heterocycles. The molecule has 4 nitrogen and oxygen atoms in total. The minimum atomic E-state index is -3.19. The van der Waals surface area contributed by atoms with E-state index < -0.39 is 15.9 Å². The lowest BCUT2D eigenvalue weighted by atomic mass is 10.1. The zero-order valence-corrected chi connectivity index (χ0v) is 12.7. The molecule has 0 fully saturated rings. The van der Waals surface area contributed by atoms with Gasteiger partial charge in [-0.2, -0.15) is 0 Å². The first-order valence-electron chi connectivity index (χ1n) is 6.61. The molecule has 1 aliphatic heterocycles. The fraction of sp³-hybridized carbons (Fsp3) is 0.400. The molecule has 1 aromatic rings. The molecule has 5 heteroatoms. The second-order valence-electron chi connectivity index (χ2n) is 5.43. The Bertz CT molecular complexity index is 647. The number of benzene rings is 1. The molecule has 0 saturated carbocycles. The van der Waals surface area contributed by atoms with Gasteiger partial charge in [0.05, 0.1) is 11.8 Å². The standard InChI is InChI=1S/C15H19NO3S/c1-11(2)15(17)16(13-6-4-5-12(3)9-13)14-7-8-20(18,19)10-14/h4-9,11,14H,10H2,1-3H3/t14-/m1/s1. The van der Waals surface area contributed by atoms with Crippen LogP contribution in [-0.2, 0) is 14.6 Å². The maximum absolute atomic E-state index is 12.5. The van der Waals surface area contributed by atoms with Crippen LogP contribution in [0.4, 0.5) is 5.69 Å². The van der Waals surface area contributed by atoms with Gasteiger partial charge in [0.15, 0.2) is 9.84 Å². The second-order valence-corrected chi connectivity index (χ2v) is 7.36. The van der Waals surface area contributed by atoms with Crippen LogP contribution in [0.3, 0.4) is 0 Å². The highest BCUT2D eigenvalue weighted by atomic mass is 32.2. The van der Waals surface area contributed by atoms with Gasteiger partial charge in [-0.1, -0.05) is 26.0 Å². The normalized spacial score (nSPS) is 20.3. The molecule has 1 aliphatic rings. The number of carbonyl (C=O) groups excluding carboxylic acids is 1. The van der Waals surface area contributed by atoms with Crippen LogP contribution in [0.5, 0.6) is 0 Å². The summed E-state index contributed by atoms with van der Waals surface area (Å²) in [6.07, 6.45) is 1.60. The predicted molar refractivity (Wildman–Crippen MR) is 80.2 cm³/mol. The highest BCUT2D eigenvalue weighted by Crippen LogP contribution is 2.25. The molecule has 2 rings (SSSR count). The van der Waals surface area contributed by atoms with Crippen LogP contribution in [-0.4, -0.2) is 26.1 Å². The van der Waals surface area contributed by atoms with E-state index in [4.69, 9.17) is 0 Å². The van der Waals surface area contributed by atoms with Gasteiger partial charge in [-0.05, 0) is 30.7 Å². The van der Waals surface area contributed by atoms with Crippen LogP contribution in [0.25, 0.3) is 0 Å². The number of anilines is 1. The van der Waals surface area contributed by atoms with Crippen molar-refractivity contribution in [2.45, 2.75) is 26.8 Å². The van der Waals surface area contributed by atoms with E-state index >= 15 is 0 Å². The third kappa shape index (κ3) is 3.10. The molecular weight excluding hydrogens is 274 g/mol. The quantitative estimate of drug-likeness (QED) is 0.859. The molecule has 0 unspecified atom stereocenters. The lowest BCUT2D eigenvalue weighted by Crippen LogP contribution is -2.43. The number of rotatable bonds is 3. The molecule has 20 heavy (non-hydrogen) atoms. The molecule has 0 spiro atoms. The van der Waals surface area contributed by atoms with Gasteiger partial charge in [-0.3, -0.25) is 4.79 Å². The van der Waals surface area contributed by atoms with Gasteiger partial charge in [0.1, 0.15) is 0 Å². The van der Waals surface area contributed by atoms with Crippen LogP contribution >= 0.6 is 0 Å². The summed E-state index contributed by atoms with van der Waals surface area (Å²) in [7, 11) is -3.19. The van der Waals surface area contributed by atoms with E-state index in [1.165, 1.54) is 5.41 Å². The Morgan fingerprint density at radius 3 is 2.55 bits per heavy atom. The topological polar surface area (TPSA) is 54.5 Å². The number of hydrogen-bond acceptors (Lipinski definition) is 3. The molecule has 1 atom stereocenters. The van der Waals surface area contributed by atoms with E-state index in [1.807, 2.05) is 45.0 Å². The van der Waals surface area contributed by atoms with Gasteiger partial charge < -0.3 is 4.90 Å². The van der Waals surface area contributed by atoms with Gasteiger partial charge in [0, 0.05) is 17.0 Å². The van der Waals surface area contributed by atoms with E-state index in [-0.39, 0.29) is 17.6 Å². The number of carbonyl (C=O) groups is 1. The fourth-order valence-electron chi connectivity index (χ4n) is 2.26. The maximum Gasteiger partial charge on any atom is 0.230 e. The summed E-state index contributed by atoms with van der Waals surface area (Å²) in [6.45, 7) is 5.58. The average Bonchev–Trinajstić information content (AvgIpc) is 2.69. The van der Waals surface area contributed by atoms with Gasteiger partial charge >= 0.3 is 0 Å². The smallest absolute Gasteiger partial charge is 0.230 e. The minimum Gasteiger partial charge on any atom is -0.304 e. The first kappa shape index (κ1) is 14.8. The van der Waals surface area contributed by atoms with Crippen molar-refractivity contribution in [3.63, 3.8) is 0 Å². The molecule has 0 bridgehead atoms. The molecule has 0 saturated heterocycles. The van der Waals surface area contributed by atoms with E-state index in [0.717, 1.165) is 11.3 Å². The average molecular weight is 293 g/mol. The predicted octanol–water partition coefficient (Wildman–Crippen LogP) is 2.29. The van der Waals surface area contributed by atoms with Gasteiger partial charge in [0.25, 0.3) is 0 Å². The molecule has 1 amide bonds. The van der Waals surface area contributed by atoms with Crippen LogP contribution in [0.15, 0.2) is 35.7 Å². The zero-order valence-electron chi connectivity index (χ0n) is 11.9. The number of sulfone groups is 1. The summed E-state index contributed by atoms with van der Waals surface area (Å²) in [4.78, 5) is 14.0. The summed E-state index contributed by atoms with van der Waals surface area (Å²) < 4.78 is 23.2. The summed E-state index contributed by atoms with van der Waals surface area (Å²) in [5, 5.41) is 1.20. The minimum absolute atomic E-state index is 0.0423. The highest BCUT2D eigenvalue weighted by Gasteiger charge is 2.32. The Morgan fingerprint density at radius 2 is 2.05 bits per heavy atom. The number of hydrogen-bond donors (Lipinski definition) is 0. The maximum atomic E-state index is 12.5. The Balaban J connectivity index is 2.41. The van der Waals surface area contributed by atoms with Crippen molar-refractivity contribution in [2.75, 3.05) is 10.7 Å². The Labute approximate surface area is 120 Å². The largest absolute Gasteiger partial charge is 0.304 e. The third-order valence-corrected chi connectivity index (χ3v) is 4.63. The number of nitrogens with zero attached hydrogens (tertiary/aromatic N) is 1. The first-order chi connectivity index (χ1) is 9.30. The fourth-order valence-corrected chi connectivity index (χ4v) is 3.53. The Kier molecular flexibility index (Phi) is 3.99. The van der Waals surface area contributed by atoms with E-state index in [1.54, 1.807) is 11.0 Å². The van der Waals surface area contributed by atoms with E-state index in [0.29, 0.717) is 0 Å². The third-order valence-electron chi connectivity index (χ3n) is 3.25. The van der Waals surface area contributed by atoms with Crippen LogP contribution in [0.2, 0.25) is 0 Å². The van der Waals surface area contributed by atoms with Crippen molar-refractivity contribution >= 4 is 21.4 Å². The van der Waals surface area contributed by atoms with Crippen molar-refractivity contribution in [3.05, 3.63) is 41.3 Å². The van der Waals surface area contributed by atoms with Crippen LogP contribution in [0.1, 0.15) is 19.4 Å². The Morgan fingerprint density at radius 1 is 1.35 bits per heavy atom. The van der Waals surface area contributed by atoms with Crippen molar-refractivity contribution in [3.8, 4) is 0 Å². The summed E-state index contributed by atoms with van der Waals surface area (Å²) in [5.74, 6) is -0.297. The SMILES string of the molecule is Cc1cccc(N(C(=O)C(C)C)[C@@H]2C=CS(=O)(=O)C2)c1. The lowest BCUT2D eigenvalue weighted by molar-refractivity contribution is -0.121. The zero-order chi connectivity index (χ0) is 14.9. The summed E-state index contributed by atoms with van der Waals surface area (Å²) in [5.41, 5.74) is 1.78. The van der Waals surface area contributed by atoms with E-state index in [2.05, 4.69) is 0 Å². The highest BCUT2D eigenvalue weighted by molar-refractivity contribution is 7.94. The van der Waals surface area contributed by atoms with Crippen molar-refractivity contribution in [2.24, 2.45) is 5.92 Å². The number of aryl methyl sites for hydroxylation is 1. The molecule has 0 N–H and O–H groups in total. The van der Waals surface area contributed by atoms with Crippen molar-refractivity contribution < 1.29 is 13.2 Å². The molecular formula is C15H19NO3S. The molecule has 108 valence electrons. The summed E-state index contributed by atoms with van der Waals surface area (Å²) >= 11 is 0. The summed E-state index contributed by atoms with van der Waals surface area (Å²) in [6, 6.07) is 7.14.